The first-order valence-corrected chi connectivity index (χ1v) is 8.90. The Balaban J connectivity index is 1.61. The third-order valence-electron chi connectivity index (χ3n) is 4.58. The molecule has 2 N–H and O–H groups in total. The van der Waals surface area contributed by atoms with E-state index in [2.05, 4.69) is 16.8 Å². The van der Waals surface area contributed by atoms with E-state index >= 15 is 0 Å². The fourth-order valence-electron chi connectivity index (χ4n) is 3.31. The number of piperidine rings is 1. The Bertz CT molecular complexity index is 588. The highest BCUT2D eigenvalue weighted by atomic mass is 32.1. The van der Waals surface area contributed by atoms with Crippen LogP contribution < -0.4 is 5.32 Å². The normalized spacial score (nSPS) is 25.5. The summed E-state index contributed by atoms with van der Waals surface area (Å²) >= 11 is 1.73. The molecule has 3 heterocycles. The molecular formula is C16H22N2O4S. The molecule has 0 saturated carbocycles. The van der Waals surface area contributed by atoms with E-state index in [0.29, 0.717) is 19.6 Å². The summed E-state index contributed by atoms with van der Waals surface area (Å²) in [4.78, 5) is 26.5. The van der Waals surface area contributed by atoms with Crippen molar-refractivity contribution in [2.45, 2.75) is 38.3 Å². The van der Waals surface area contributed by atoms with Crippen LogP contribution in [-0.4, -0.2) is 47.7 Å². The molecule has 3 rings (SSSR count). The number of fused-ring (bicyclic) bond motifs is 1. The van der Waals surface area contributed by atoms with Gasteiger partial charge in [0.25, 0.3) is 0 Å². The van der Waals surface area contributed by atoms with E-state index in [9.17, 15) is 9.59 Å². The zero-order valence-corrected chi connectivity index (χ0v) is 14.0. The van der Waals surface area contributed by atoms with Crippen molar-refractivity contribution >= 4 is 23.3 Å². The van der Waals surface area contributed by atoms with Crippen molar-refractivity contribution in [3.63, 3.8) is 0 Å². The van der Waals surface area contributed by atoms with Crippen LogP contribution in [0.15, 0.2) is 11.4 Å². The summed E-state index contributed by atoms with van der Waals surface area (Å²) in [5.74, 6) is -1.28. The number of carbonyl (C=O) groups is 2. The molecule has 1 saturated heterocycles. The van der Waals surface area contributed by atoms with Gasteiger partial charge in [0, 0.05) is 24.4 Å². The zero-order chi connectivity index (χ0) is 16.4. The molecule has 126 valence electrons. The van der Waals surface area contributed by atoms with Gasteiger partial charge >= 0.3 is 12.0 Å². The van der Waals surface area contributed by atoms with E-state index in [-0.39, 0.29) is 24.7 Å². The lowest BCUT2D eigenvalue weighted by Gasteiger charge is -2.34. The molecule has 0 aromatic carbocycles. The summed E-state index contributed by atoms with van der Waals surface area (Å²) in [6, 6.07) is 1.71. The van der Waals surface area contributed by atoms with Crippen molar-refractivity contribution in [2.24, 2.45) is 5.92 Å². The molecule has 1 aromatic rings. The largest absolute Gasteiger partial charge is 0.481 e. The fraction of sp³-hybridized carbons (Fsp3) is 0.625. The maximum Gasteiger partial charge on any atom is 0.317 e. The minimum Gasteiger partial charge on any atom is -0.481 e. The number of rotatable bonds is 3. The van der Waals surface area contributed by atoms with Crippen LogP contribution in [0.25, 0.3) is 0 Å². The molecule has 0 aliphatic carbocycles. The Morgan fingerprint density at radius 3 is 3.13 bits per heavy atom. The van der Waals surface area contributed by atoms with Crippen LogP contribution in [0.1, 0.15) is 36.3 Å². The van der Waals surface area contributed by atoms with Crippen LogP contribution in [0.3, 0.4) is 0 Å². The Morgan fingerprint density at radius 1 is 1.52 bits per heavy atom. The van der Waals surface area contributed by atoms with Gasteiger partial charge in [-0.1, -0.05) is 0 Å². The molecule has 7 heteroatoms. The number of nitrogens with one attached hydrogen (secondary N) is 1. The number of carbonyl (C=O) groups excluding carboxylic acids is 1. The maximum absolute atomic E-state index is 12.4. The van der Waals surface area contributed by atoms with Gasteiger partial charge < -0.3 is 20.1 Å². The Labute approximate surface area is 139 Å². The van der Waals surface area contributed by atoms with Crippen molar-refractivity contribution in [1.29, 1.82) is 0 Å². The van der Waals surface area contributed by atoms with Gasteiger partial charge in [0.15, 0.2) is 0 Å². The van der Waals surface area contributed by atoms with Gasteiger partial charge in [0.05, 0.1) is 18.6 Å². The molecule has 23 heavy (non-hydrogen) atoms. The van der Waals surface area contributed by atoms with E-state index < -0.39 is 11.9 Å². The molecule has 6 nitrogen and oxygen atoms in total. The van der Waals surface area contributed by atoms with Crippen molar-refractivity contribution in [1.82, 2.24) is 10.2 Å². The number of thiophene rings is 1. The van der Waals surface area contributed by atoms with Crippen LogP contribution in [-0.2, 0) is 16.0 Å². The third-order valence-corrected chi connectivity index (χ3v) is 5.57. The molecule has 0 spiro atoms. The van der Waals surface area contributed by atoms with Gasteiger partial charge in [-0.15, -0.1) is 11.3 Å². The number of urea groups is 1. The quantitative estimate of drug-likeness (QED) is 0.886. The smallest absolute Gasteiger partial charge is 0.317 e. The van der Waals surface area contributed by atoms with Gasteiger partial charge in [-0.05, 0) is 36.8 Å². The second-order valence-electron chi connectivity index (χ2n) is 6.20. The molecule has 1 aromatic heterocycles. The van der Waals surface area contributed by atoms with Crippen LogP contribution in [0.5, 0.6) is 0 Å². The van der Waals surface area contributed by atoms with E-state index in [4.69, 9.17) is 9.84 Å². The van der Waals surface area contributed by atoms with Gasteiger partial charge in [-0.3, -0.25) is 4.79 Å². The summed E-state index contributed by atoms with van der Waals surface area (Å²) < 4.78 is 5.85. The van der Waals surface area contributed by atoms with Crippen molar-refractivity contribution in [3.8, 4) is 0 Å². The van der Waals surface area contributed by atoms with Crippen molar-refractivity contribution < 1.29 is 19.4 Å². The Kier molecular flexibility index (Phi) is 4.87. The Morgan fingerprint density at radius 2 is 2.35 bits per heavy atom. The highest BCUT2D eigenvalue weighted by molar-refractivity contribution is 7.10. The van der Waals surface area contributed by atoms with Crippen LogP contribution >= 0.6 is 11.3 Å². The van der Waals surface area contributed by atoms with Gasteiger partial charge in [0.2, 0.25) is 0 Å². The summed E-state index contributed by atoms with van der Waals surface area (Å²) in [5, 5.41) is 14.2. The SMILES string of the molecule is CC(NC(=O)N1CCCC(C(=O)O)C1)C1OCCc2sccc21. The molecule has 2 aliphatic heterocycles. The molecular weight excluding hydrogens is 316 g/mol. The highest BCUT2D eigenvalue weighted by Gasteiger charge is 2.32. The Hall–Kier alpha value is -1.60. The summed E-state index contributed by atoms with van der Waals surface area (Å²) in [6.45, 7) is 3.50. The van der Waals surface area contributed by atoms with E-state index in [1.54, 1.807) is 16.2 Å². The third kappa shape index (κ3) is 3.50. The van der Waals surface area contributed by atoms with E-state index in [1.807, 2.05) is 6.92 Å². The predicted molar refractivity (Wildman–Crippen MR) is 86.6 cm³/mol. The molecule has 0 radical (unpaired) electrons. The molecule has 3 unspecified atom stereocenters. The second kappa shape index (κ2) is 6.88. The number of likely N-dealkylation sites (tertiary alicyclic amines) is 1. The monoisotopic (exact) mass is 338 g/mol. The lowest BCUT2D eigenvalue weighted by atomic mass is 9.98. The lowest BCUT2D eigenvalue weighted by molar-refractivity contribution is -0.143. The minimum absolute atomic E-state index is 0.131. The molecule has 2 amide bonds. The molecule has 3 atom stereocenters. The second-order valence-corrected chi connectivity index (χ2v) is 7.20. The molecule has 1 fully saturated rings. The number of carboxylic acids is 1. The van der Waals surface area contributed by atoms with Crippen LogP contribution in [0.4, 0.5) is 4.79 Å². The van der Waals surface area contributed by atoms with Crippen LogP contribution in [0.2, 0.25) is 0 Å². The topological polar surface area (TPSA) is 78.9 Å². The first-order valence-electron chi connectivity index (χ1n) is 8.02. The maximum atomic E-state index is 12.4. The van der Waals surface area contributed by atoms with Gasteiger partial charge in [-0.2, -0.15) is 0 Å². The van der Waals surface area contributed by atoms with Crippen molar-refractivity contribution in [2.75, 3.05) is 19.7 Å². The van der Waals surface area contributed by atoms with E-state index in [1.165, 1.54) is 4.88 Å². The van der Waals surface area contributed by atoms with Gasteiger partial charge in [-0.25, -0.2) is 4.79 Å². The number of ether oxygens (including phenoxy) is 1. The summed E-state index contributed by atoms with van der Waals surface area (Å²) in [7, 11) is 0. The molecule has 2 aliphatic rings. The number of carboxylic acid groups (broad SMARTS) is 1. The van der Waals surface area contributed by atoms with Crippen molar-refractivity contribution in [3.05, 3.63) is 21.9 Å². The lowest BCUT2D eigenvalue weighted by Crippen LogP contribution is -2.50. The minimum atomic E-state index is -0.825. The summed E-state index contributed by atoms with van der Waals surface area (Å²) in [5.41, 5.74) is 1.16. The zero-order valence-electron chi connectivity index (χ0n) is 13.2. The van der Waals surface area contributed by atoms with Crippen LogP contribution in [0, 0.1) is 5.92 Å². The number of nitrogens with zero attached hydrogens (tertiary/aromatic N) is 1. The number of hydrogen-bond donors (Lipinski definition) is 2. The first kappa shape index (κ1) is 16.3. The standard InChI is InChI=1S/C16H22N2O4S/c1-10(14-12-5-8-23-13(12)4-7-22-14)17-16(21)18-6-2-3-11(9-18)15(19)20/h5,8,10-11,14H,2-4,6-7,9H2,1H3,(H,17,21)(H,19,20). The average Bonchev–Trinajstić information content (AvgIpc) is 3.03. The average molecular weight is 338 g/mol. The number of amides is 2. The van der Waals surface area contributed by atoms with Gasteiger partial charge in [0.1, 0.15) is 6.10 Å². The molecule has 0 bridgehead atoms. The summed E-state index contributed by atoms with van der Waals surface area (Å²) in [6.07, 6.45) is 2.16. The fourth-order valence-corrected chi connectivity index (χ4v) is 4.21. The number of aliphatic carboxylic acids is 1. The van der Waals surface area contributed by atoms with E-state index in [0.717, 1.165) is 18.4 Å². The predicted octanol–water partition coefficient (Wildman–Crippen LogP) is 2.26. The first-order chi connectivity index (χ1) is 11.1. The number of hydrogen-bond acceptors (Lipinski definition) is 4. The highest BCUT2D eigenvalue weighted by Crippen LogP contribution is 2.33.